The fourth-order valence-corrected chi connectivity index (χ4v) is 1.08. The fourth-order valence-electron chi connectivity index (χ4n) is 1.08. The second-order valence-corrected chi connectivity index (χ2v) is 2.63. The Kier molecular flexibility index (Phi) is 4.45. The number of nitrogens with zero attached hydrogens (tertiary/aromatic N) is 2. The summed E-state index contributed by atoms with van der Waals surface area (Å²) in [6.07, 6.45) is 1.20. The Bertz CT molecular complexity index is 277. The summed E-state index contributed by atoms with van der Waals surface area (Å²) in [6, 6.07) is 1.75. The van der Waals surface area contributed by atoms with Gasteiger partial charge in [0, 0.05) is 27.5 Å². The van der Waals surface area contributed by atoms with Crippen molar-refractivity contribution in [3.8, 4) is 0 Å². The number of methoxy groups -OCH3 is 3. The molecule has 0 aromatic carbocycles. The Labute approximate surface area is 83.0 Å². The minimum Gasteiger partial charge on any atom is -0.377 e. The summed E-state index contributed by atoms with van der Waals surface area (Å²) < 4.78 is 15.1. The summed E-state index contributed by atoms with van der Waals surface area (Å²) in [5, 5.41) is 0. The van der Waals surface area contributed by atoms with Crippen LogP contribution >= 0.6 is 0 Å². The Morgan fingerprint density at radius 2 is 2.00 bits per heavy atom. The van der Waals surface area contributed by atoms with Crippen LogP contribution in [0.5, 0.6) is 0 Å². The Morgan fingerprint density at radius 1 is 1.29 bits per heavy atom. The van der Waals surface area contributed by atoms with Crippen molar-refractivity contribution in [3.63, 3.8) is 0 Å². The molecular weight excluding hydrogens is 184 g/mol. The molecule has 1 heterocycles. The third-order valence-corrected chi connectivity index (χ3v) is 1.67. The number of aromatic nitrogens is 2. The van der Waals surface area contributed by atoms with Gasteiger partial charge in [0.05, 0.1) is 0 Å². The molecule has 1 rings (SSSR count). The minimum absolute atomic E-state index is 0.383. The van der Waals surface area contributed by atoms with Crippen molar-refractivity contribution < 1.29 is 14.2 Å². The zero-order valence-electron chi connectivity index (χ0n) is 8.56. The van der Waals surface area contributed by atoms with Gasteiger partial charge < -0.3 is 14.2 Å². The molecule has 0 atom stereocenters. The average molecular weight is 198 g/mol. The Morgan fingerprint density at radius 3 is 2.57 bits per heavy atom. The monoisotopic (exact) mass is 198 g/mol. The quantitative estimate of drug-likeness (QED) is 0.658. The van der Waals surface area contributed by atoms with E-state index in [1.54, 1.807) is 33.6 Å². The van der Waals surface area contributed by atoms with Gasteiger partial charge in [-0.15, -0.1) is 0 Å². The molecule has 0 aliphatic heterocycles. The van der Waals surface area contributed by atoms with Crippen LogP contribution in [0.15, 0.2) is 12.3 Å². The van der Waals surface area contributed by atoms with E-state index in [2.05, 4.69) is 9.97 Å². The maximum Gasteiger partial charge on any atom is 0.200 e. The highest BCUT2D eigenvalue weighted by Crippen LogP contribution is 2.13. The summed E-state index contributed by atoms with van der Waals surface area (Å²) in [6.45, 7) is 0.383. The maximum absolute atomic E-state index is 5.07. The van der Waals surface area contributed by atoms with Crippen LogP contribution in [0.3, 0.4) is 0 Å². The Balaban J connectivity index is 2.81. The van der Waals surface area contributed by atoms with Gasteiger partial charge in [-0.2, -0.15) is 0 Å². The van der Waals surface area contributed by atoms with Crippen LogP contribution in [-0.4, -0.2) is 31.3 Å². The largest absolute Gasteiger partial charge is 0.377 e. The van der Waals surface area contributed by atoms with E-state index in [1.807, 2.05) is 0 Å². The third kappa shape index (κ3) is 2.73. The maximum atomic E-state index is 5.07. The highest BCUT2D eigenvalue weighted by molar-refractivity contribution is 5.03. The van der Waals surface area contributed by atoms with E-state index < -0.39 is 6.29 Å². The molecule has 0 radical (unpaired) electrons. The first-order valence-electron chi connectivity index (χ1n) is 4.18. The van der Waals surface area contributed by atoms with Gasteiger partial charge in [0.15, 0.2) is 5.82 Å². The molecule has 1 aromatic rings. The van der Waals surface area contributed by atoms with Crippen LogP contribution in [0.25, 0.3) is 0 Å². The molecule has 0 bridgehead atoms. The SMILES string of the molecule is COCc1nccc(C(OC)OC)n1. The summed E-state index contributed by atoms with van der Waals surface area (Å²) in [5.41, 5.74) is 0.692. The van der Waals surface area contributed by atoms with Crippen LogP contribution in [-0.2, 0) is 20.8 Å². The van der Waals surface area contributed by atoms with Gasteiger partial charge >= 0.3 is 0 Å². The molecule has 14 heavy (non-hydrogen) atoms. The van der Waals surface area contributed by atoms with Gasteiger partial charge in [-0.05, 0) is 6.07 Å². The number of hydrogen-bond acceptors (Lipinski definition) is 5. The van der Waals surface area contributed by atoms with E-state index in [0.29, 0.717) is 18.1 Å². The highest BCUT2D eigenvalue weighted by Gasteiger charge is 2.10. The zero-order chi connectivity index (χ0) is 10.4. The molecule has 0 saturated heterocycles. The van der Waals surface area contributed by atoms with Crippen molar-refractivity contribution >= 4 is 0 Å². The van der Waals surface area contributed by atoms with Gasteiger partial charge in [-0.1, -0.05) is 0 Å². The lowest BCUT2D eigenvalue weighted by Gasteiger charge is -2.12. The second-order valence-electron chi connectivity index (χ2n) is 2.63. The lowest BCUT2D eigenvalue weighted by atomic mass is 10.4. The van der Waals surface area contributed by atoms with E-state index >= 15 is 0 Å². The first kappa shape index (κ1) is 11.0. The van der Waals surface area contributed by atoms with Crippen LogP contribution in [0.1, 0.15) is 17.8 Å². The number of ether oxygens (including phenoxy) is 3. The summed E-state index contributed by atoms with van der Waals surface area (Å²) >= 11 is 0. The van der Waals surface area contributed by atoms with E-state index in [-0.39, 0.29) is 0 Å². The number of hydrogen-bond donors (Lipinski definition) is 0. The van der Waals surface area contributed by atoms with Crippen LogP contribution in [0.2, 0.25) is 0 Å². The molecule has 0 aliphatic carbocycles. The fraction of sp³-hybridized carbons (Fsp3) is 0.556. The third-order valence-electron chi connectivity index (χ3n) is 1.67. The van der Waals surface area contributed by atoms with Crippen molar-refractivity contribution in [2.45, 2.75) is 12.9 Å². The summed E-state index contributed by atoms with van der Waals surface area (Å²) in [7, 11) is 4.72. The molecule has 0 aliphatic rings. The van der Waals surface area contributed by atoms with Crippen LogP contribution in [0.4, 0.5) is 0 Å². The smallest absolute Gasteiger partial charge is 0.200 e. The van der Waals surface area contributed by atoms with Crippen LogP contribution in [0, 0.1) is 0 Å². The molecule has 0 amide bonds. The molecule has 78 valence electrons. The van der Waals surface area contributed by atoms with Crippen molar-refractivity contribution in [2.24, 2.45) is 0 Å². The lowest BCUT2D eigenvalue weighted by molar-refractivity contribution is -0.108. The zero-order valence-corrected chi connectivity index (χ0v) is 8.56. The normalized spacial score (nSPS) is 10.9. The first-order chi connectivity index (χ1) is 6.81. The summed E-state index contributed by atoms with van der Waals surface area (Å²) in [4.78, 5) is 8.25. The first-order valence-corrected chi connectivity index (χ1v) is 4.18. The van der Waals surface area contributed by atoms with Crippen molar-refractivity contribution in [2.75, 3.05) is 21.3 Å². The molecular formula is C9H14N2O3. The molecule has 0 unspecified atom stereocenters. The van der Waals surface area contributed by atoms with E-state index in [4.69, 9.17) is 14.2 Å². The topological polar surface area (TPSA) is 53.5 Å². The van der Waals surface area contributed by atoms with E-state index in [0.717, 1.165) is 0 Å². The van der Waals surface area contributed by atoms with Gasteiger partial charge in [0.25, 0.3) is 0 Å². The van der Waals surface area contributed by atoms with Gasteiger partial charge in [-0.25, -0.2) is 9.97 Å². The Hall–Kier alpha value is -1.04. The standard InChI is InChI=1S/C9H14N2O3/c1-12-6-8-10-5-4-7(11-8)9(13-2)14-3/h4-5,9H,6H2,1-3H3. The lowest BCUT2D eigenvalue weighted by Crippen LogP contribution is -2.08. The number of rotatable bonds is 5. The summed E-state index contributed by atoms with van der Waals surface area (Å²) in [5.74, 6) is 0.615. The average Bonchev–Trinajstić information content (AvgIpc) is 2.21. The minimum atomic E-state index is -0.450. The molecule has 5 heteroatoms. The molecule has 0 spiro atoms. The molecule has 5 nitrogen and oxygen atoms in total. The van der Waals surface area contributed by atoms with Crippen molar-refractivity contribution in [3.05, 3.63) is 23.8 Å². The van der Waals surface area contributed by atoms with Gasteiger partial charge in [-0.3, -0.25) is 0 Å². The highest BCUT2D eigenvalue weighted by atomic mass is 16.7. The molecule has 0 saturated carbocycles. The van der Waals surface area contributed by atoms with Crippen molar-refractivity contribution in [1.82, 2.24) is 9.97 Å². The van der Waals surface area contributed by atoms with Crippen LogP contribution < -0.4 is 0 Å². The molecule has 1 aromatic heterocycles. The second kappa shape index (κ2) is 5.64. The van der Waals surface area contributed by atoms with Gasteiger partial charge in [0.1, 0.15) is 12.3 Å². The van der Waals surface area contributed by atoms with Gasteiger partial charge in [0.2, 0.25) is 6.29 Å². The molecule has 0 N–H and O–H groups in total. The predicted molar refractivity (Wildman–Crippen MR) is 49.5 cm³/mol. The van der Waals surface area contributed by atoms with E-state index in [9.17, 15) is 0 Å². The molecule has 0 fully saturated rings. The van der Waals surface area contributed by atoms with E-state index in [1.165, 1.54) is 0 Å². The van der Waals surface area contributed by atoms with Crippen molar-refractivity contribution in [1.29, 1.82) is 0 Å². The predicted octanol–water partition coefficient (Wildman–Crippen LogP) is 0.914.